The molecule has 1 N–H and O–H groups in total. The molecule has 0 aliphatic carbocycles. The van der Waals surface area contributed by atoms with Crippen molar-refractivity contribution >= 4 is 17.6 Å². The summed E-state index contributed by atoms with van der Waals surface area (Å²) in [6.07, 6.45) is 0. The van der Waals surface area contributed by atoms with Crippen molar-refractivity contribution in [3.05, 3.63) is 11.9 Å². The topological polar surface area (TPSA) is 67.3 Å². The summed E-state index contributed by atoms with van der Waals surface area (Å²) in [5.74, 6) is 1.78. The number of aryl methyl sites for hydroxylation is 1. The molecule has 1 heterocycles. The van der Waals surface area contributed by atoms with E-state index in [1.807, 2.05) is 24.9 Å². The van der Waals surface area contributed by atoms with E-state index in [4.69, 9.17) is 0 Å². The normalized spacial score (nSPS) is 10.3. The van der Waals surface area contributed by atoms with Crippen LogP contribution in [0.4, 0.5) is 11.6 Å². The second-order valence-electron chi connectivity index (χ2n) is 4.29. The molecule has 0 spiro atoms. The van der Waals surface area contributed by atoms with Gasteiger partial charge in [-0.15, -0.1) is 0 Å². The number of anilines is 2. The van der Waals surface area contributed by atoms with Gasteiger partial charge in [0.1, 0.15) is 24.0 Å². The second kappa shape index (κ2) is 6.18. The summed E-state index contributed by atoms with van der Waals surface area (Å²) in [5, 5.41) is 2.92. The Morgan fingerprint density at radius 2 is 2.17 bits per heavy atom. The Hall–Kier alpha value is -1.85. The Labute approximate surface area is 107 Å². The molecule has 0 unspecified atom stereocenters. The SMILES string of the molecule is COC(=O)CNc1cc(N(C)C(C)C)nc(C)n1. The van der Waals surface area contributed by atoms with E-state index in [0.29, 0.717) is 17.7 Å². The number of methoxy groups -OCH3 is 1. The Balaban J connectivity index is 2.84. The molecule has 100 valence electrons. The molecule has 0 fully saturated rings. The van der Waals surface area contributed by atoms with Gasteiger partial charge in [-0.25, -0.2) is 9.97 Å². The van der Waals surface area contributed by atoms with Crippen LogP contribution >= 0.6 is 0 Å². The van der Waals surface area contributed by atoms with E-state index in [0.717, 1.165) is 5.82 Å². The number of aromatic nitrogens is 2. The van der Waals surface area contributed by atoms with Crippen LogP contribution in [-0.2, 0) is 9.53 Å². The predicted molar refractivity (Wildman–Crippen MR) is 70.8 cm³/mol. The van der Waals surface area contributed by atoms with Gasteiger partial charge in [0.25, 0.3) is 0 Å². The third-order valence-electron chi connectivity index (χ3n) is 2.60. The van der Waals surface area contributed by atoms with Gasteiger partial charge in [0.2, 0.25) is 0 Å². The first kappa shape index (κ1) is 14.2. The highest BCUT2D eigenvalue weighted by molar-refractivity contribution is 5.74. The Bertz CT molecular complexity index is 421. The second-order valence-corrected chi connectivity index (χ2v) is 4.29. The lowest BCUT2D eigenvalue weighted by Crippen LogP contribution is -2.27. The smallest absolute Gasteiger partial charge is 0.325 e. The fraction of sp³-hybridized carbons (Fsp3) is 0.583. The van der Waals surface area contributed by atoms with Crippen LogP contribution < -0.4 is 10.2 Å². The maximum atomic E-state index is 11.1. The maximum Gasteiger partial charge on any atom is 0.325 e. The van der Waals surface area contributed by atoms with Gasteiger partial charge in [-0.3, -0.25) is 4.79 Å². The molecular weight excluding hydrogens is 232 g/mol. The highest BCUT2D eigenvalue weighted by atomic mass is 16.5. The van der Waals surface area contributed by atoms with Crippen LogP contribution in [0.5, 0.6) is 0 Å². The van der Waals surface area contributed by atoms with Crippen molar-refractivity contribution in [3.63, 3.8) is 0 Å². The van der Waals surface area contributed by atoms with Gasteiger partial charge in [0.05, 0.1) is 7.11 Å². The standard InChI is InChI=1S/C12H20N4O2/c1-8(2)16(4)11-6-10(14-9(3)15-11)13-7-12(17)18-5/h6,8H,7H2,1-5H3,(H,13,14,15). The van der Waals surface area contributed by atoms with Crippen LogP contribution in [0, 0.1) is 6.92 Å². The molecule has 0 aliphatic rings. The van der Waals surface area contributed by atoms with Crippen LogP contribution in [-0.4, -0.2) is 42.7 Å². The van der Waals surface area contributed by atoms with Crippen molar-refractivity contribution in [1.82, 2.24) is 9.97 Å². The Morgan fingerprint density at radius 3 is 2.72 bits per heavy atom. The molecule has 0 radical (unpaired) electrons. The van der Waals surface area contributed by atoms with Crippen molar-refractivity contribution in [2.45, 2.75) is 26.8 Å². The van der Waals surface area contributed by atoms with Gasteiger partial charge in [0.15, 0.2) is 0 Å². The zero-order chi connectivity index (χ0) is 13.7. The van der Waals surface area contributed by atoms with E-state index in [1.54, 1.807) is 0 Å². The summed E-state index contributed by atoms with van der Waals surface area (Å²) in [6, 6.07) is 2.16. The first-order chi connectivity index (χ1) is 8.43. The lowest BCUT2D eigenvalue weighted by atomic mass is 10.3. The van der Waals surface area contributed by atoms with E-state index in [1.165, 1.54) is 7.11 Å². The van der Waals surface area contributed by atoms with Crippen molar-refractivity contribution < 1.29 is 9.53 Å². The van der Waals surface area contributed by atoms with Crippen molar-refractivity contribution in [2.75, 3.05) is 30.9 Å². The number of rotatable bonds is 5. The molecule has 1 rings (SSSR count). The monoisotopic (exact) mass is 252 g/mol. The largest absolute Gasteiger partial charge is 0.468 e. The summed E-state index contributed by atoms with van der Waals surface area (Å²) in [7, 11) is 3.32. The molecule has 0 amide bonds. The Morgan fingerprint density at radius 1 is 1.50 bits per heavy atom. The molecule has 6 heteroatoms. The number of ether oxygens (including phenoxy) is 1. The van der Waals surface area contributed by atoms with Crippen LogP contribution in [0.25, 0.3) is 0 Å². The summed E-state index contributed by atoms with van der Waals surface area (Å²) < 4.78 is 4.56. The van der Waals surface area contributed by atoms with E-state index >= 15 is 0 Å². The molecular formula is C12H20N4O2. The first-order valence-corrected chi connectivity index (χ1v) is 5.83. The first-order valence-electron chi connectivity index (χ1n) is 5.83. The molecule has 0 saturated carbocycles. The van der Waals surface area contributed by atoms with Crippen molar-refractivity contribution in [2.24, 2.45) is 0 Å². The van der Waals surface area contributed by atoms with Crippen LogP contribution in [0.1, 0.15) is 19.7 Å². The van der Waals surface area contributed by atoms with E-state index in [9.17, 15) is 4.79 Å². The zero-order valence-corrected chi connectivity index (χ0v) is 11.5. The number of hydrogen-bond acceptors (Lipinski definition) is 6. The number of carbonyl (C=O) groups excluding carboxylic acids is 1. The number of nitrogens with one attached hydrogen (secondary N) is 1. The van der Waals surface area contributed by atoms with Gasteiger partial charge < -0.3 is 15.0 Å². The third-order valence-corrected chi connectivity index (χ3v) is 2.60. The number of carbonyl (C=O) groups is 1. The van der Waals surface area contributed by atoms with Gasteiger partial charge in [-0.05, 0) is 20.8 Å². The van der Waals surface area contributed by atoms with E-state index < -0.39 is 0 Å². The van der Waals surface area contributed by atoms with Crippen molar-refractivity contribution in [1.29, 1.82) is 0 Å². The lowest BCUT2D eigenvalue weighted by Gasteiger charge is -2.23. The summed E-state index contributed by atoms with van der Waals surface area (Å²) in [6.45, 7) is 6.08. The number of esters is 1. The molecule has 0 aliphatic heterocycles. The summed E-state index contributed by atoms with van der Waals surface area (Å²) in [5.41, 5.74) is 0. The molecule has 0 atom stereocenters. The molecule has 1 aromatic heterocycles. The van der Waals surface area contributed by atoms with Crippen LogP contribution in [0.15, 0.2) is 6.07 Å². The molecule has 1 aromatic rings. The minimum Gasteiger partial charge on any atom is -0.468 e. The van der Waals surface area contributed by atoms with Crippen LogP contribution in [0.3, 0.4) is 0 Å². The molecule has 0 saturated heterocycles. The highest BCUT2D eigenvalue weighted by Gasteiger charge is 2.10. The van der Waals surface area contributed by atoms with E-state index in [-0.39, 0.29) is 12.5 Å². The number of nitrogens with zero attached hydrogens (tertiary/aromatic N) is 3. The average Bonchev–Trinajstić information content (AvgIpc) is 2.34. The summed E-state index contributed by atoms with van der Waals surface area (Å²) >= 11 is 0. The van der Waals surface area contributed by atoms with Crippen LogP contribution in [0.2, 0.25) is 0 Å². The van der Waals surface area contributed by atoms with Gasteiger partial charge in [-0.2, -0.15) is 0 Å². The molecule has 6 nitrogen and oxygen atoms in total. The molecule has 0 aromatic carbocycles. The maximum absolute atomic E-state index is 11.1. The lowest BCUT2D eigenvalue weighted by molar-refractivity contribution is -0.138. The minimum atomic E-state index is -0.329. The van der Waals surface area contributed by atoms with Crippen molar-refractivity contribution in [3.8, 4) is 0 Å². The highest BCUT2D eigenvalue weighted by Crippen LogP contribution is 2.16. The third kappa shape index (κ3) is 3.87. The van der Waals surface area contributed by atoms with Gasteiger partial charge in [-0.1, -0.05) is 0 Å². The molecule has 18 heavy (non-hydrogen) atoms. The predicted octanol–water partition coefficient (Wildman–Crippen LogP) is 1.21. The Kier molecular flexibility index (Phi) is 4.88. The fourth-order valence-electron chi connectivity index (χ4n) is 1.32. The molecule has 0 bridgehead atoms. The zero-order valence-electron chi connectivity index (χ0n) is 11.5. The minimum absolute atomic E-state index is 0.0950. The quantitative estimate of drug-likeness (QED) is 0.795. The van der Waals surface area contributed by atoms with Gasteiger partial charge >= 0.3 is 5.97 Å². The average molecular weight is 252 g/mol. The fourth-order valence-corrected chi connectivity index (χ4v) is 1.32. The van der Waals surface area contributed by atoms with Gasteiger partial charge in [0, 0.05) is 19.2 Å². The summed E-state index contributed by atoms with van der Waals surface area (Å²) in [4.78, 5) is 21.7. The van der Waals surface area contributed by atoms with E-state index in [2.05, 4.69) is 33.9 Å². The number of hydrogen-bond donors (Lipinski definition) is 1.